The molecule has 1 aliphatic rings. The molecule has 0 atom stereocenters. The van der Waals surface area contributed by atoms with Crippen LogP contribution >= 0.6 is 23.6 Å². The van der Waals surface area contributed by atoms with Gasteiger partial charge in [0.25, 0.3) is 0 Å². The highest BCUT2D eigenvalue weighted by atomic mass is 32.1. The molecule has 0 amide bonds. The second kappa shape index (κ2) is 7.74. The summed E-state index contributed by atoms with van der Waals surface area (Å²) in [5.74, 6) is -0.271. The standard InChI is InChI=1S/C16H22N2O2S2/c1-4-20-15(19)14-13(18-16(21)17-9-10(2)3)11-7-5-6-8-12(11)22-14/h2,4-9H2,1,3H3,(H2,17,18,21). The Balaban J connectivity index is 2.23. The van der Waals surface area contributed by atoms with Gasteiger partial charge in [0.2, 0.25) is 0 Å². The number of carbonyl (C=O) groups excluding carboxylic acids is 1. The monoisotopic (exact) mass is 338 g/mol. The Bertz CT molecular complexity index is 593. The number of esters is 1. The Hall–Kier alpha value is -1.40. The lowest BCUT2D eigenvalue weighted by Gasteiger charge is -2.15. The van der Waals surface area contributed by atoms with Gasteiger partial charge in [0.15, 0.2) is 5.11 Å². The third-order valence-corrected chi connectivity index (χ3v) is 4.94. The zero-order valence-corrected chi connectivity index (χ0v) is 14.7. The Morgan fingerprint density at radius 2 is 2.14 bits per heavy atom. The summed E-state index contributed by atoms with van der Waals surface area (Å²) in [4.78, 5) is 14.1. The van der Waals surface area contributed by atoms with Crippen molar-refractivity contribution >= 4 is 40.3 Å². The summed E-state index contributed by atoms with van der Waals surface area (Å²) in [6.07, 6.45) is 4.33. The van der Waals surface area contributed by atoms with Crippen LogP contribution in [-0.4, -0.2) is 24.2 Å². The molecule has 1 aliphatic carbocycles. The number of nitrogens with one attached hydrogen (secondary N) is 2. The van der Waals surface area contributed by atoms with E-state index in [4.69, 9.17) is 17.0 Å². The number of carbonyl (C=O) groups is 1. The van der Waals surface area contributed by atoms with Crippen molar-refractivity contribution in [3.8, 4) is 0 Å². The molecule has 22 heavy (non-hydrogen) atoms. The van der Waals surface area contributed by atoms with Crippen LogP contribution < -0.4 is 10.6 Å². The molecule has 2 N–H and O–H groups in total. The molecule has 2 rings (SSSR count). The van der Waals surface area contributed by atoms with Gasteiger partial charge in [-0.15, -0.1) is 11.3 Å². The molecule has 0 radical (unpaired) electrons. The fourth-order valence-corrected chi connectivity index (χ4v) is 3.84. The van der Waals surface area contributed by atoms with E-state index in [1.54, 1.807) is 0 Å². The maximum Gasteiger partial charge on any atom is 0.350 e. The van der Waals surface area contributed by atoms with Gasteiger partial charge >= 0.3 is 5.97 Å². The van der Waals surface area contributed by atoms with Crippen LogP contribution in [0.15, 0.2) is 12.2 Å². The van der Waals surface area contributed by atoms with Crippen molar-refractivity contribution < 1.29 is 9.53 Å². The van der Waals surface area contributed by atoms with Crippen molar-refractivity contribution in [1.82, 2.24) is 5.32 Å². The van der Waals surface area contributed by atoms with Gasteiger partial charge in [-0.2, -0.15) is 0 Å². The zero-order valence-electron chi connectivity index (χ0n) is 13.1. The topological polar surface area (TPSA) is 50.4 Å². The quantitative estimate of drug-likeness (QED) is 0.487. The van der Waals surface area contributed by atoms with Crippen LogP contribution in [0, 0.1) is 0 Å². The lowest BCUT2D eigenvalue weighted by atomic mass is 9.97. The first kappa shape index (κ1) is 17.0. The van der Waals surface area contributed by atoms with Crippen LogP contribution in [0.5, 0.6) is 0 Å². The number of thiophene rings is 1. The minimum atomic E-state index is -0.271. The largest absolute Gasteiger partial charge is 0.462 e. The fourth-order valence-electron chi connectivity index (χ4n) is 2.43. The Morgan fingerprint density at radius 1 is 1.41 bits per heavy atom. The average molecular weight is 338 g/mol. The molecule has 6 heteroatoms. The van der Waals surface area contributed by atoms with Crippen LogP contribution in [0.1, 0.15) is 46.8 Å². The maximum absolute atomic E-state index is 12.2. The summed E-state index contributed by atoms with van der Waals surface area (Å²) in [5, 5.41) is 6.81. The van der Waals surface area contributed by atoms with E-state index in [2.05, 4.69) is 17.2 Å². The van der Waals surface area contributed by atoms with E-state index in [1.165, 1.54) is 28.2 Å². The van der Waals surface area contributed by atoms with Crippen LogP contribution in [-0.2, 0) is 17.6 Å². The highest BCUT2D eigenvalue weighted by Crippen LogP contribution is 2.38. The maximum atomic E-state index is 12.2. The van der Waals surface area contributed by atoms with E-state index in [0.29, 0.717) is 23.1 Å². The zero-order chi connectivity index (χ0) is 16.1. The van der Waals surface area contributed by atoms with Crippen LogP contribution in [0.4, 0.5) is 5.69 Å². The molecule has 120 valence electrons. The number of thiocarbonyl (C=S) groups is 1. The van der Waals surface area contributed by atoms with Gasteiger partial charge < -0.3 is 15.4 Å². The first-order valence-corrected chi connectivity index (χ1v) is 8.76. The third kappa shape index (κ3) is 4.08. The third-order valence-electron chi connectivity index (χ3n) is 3.42. The Kier molecular flexibility index (Phi) is 5.97. The second-order valence-electron chi connectivity index (χ2n) is 5.40. The molecule has 0 saturated heterocycles. The lowest BCUT2D eigenvalue weighted by molar-refractivity contribution is 0.0533. The molecule has 1 aromatic heterocycles. The predicted molar refractivity (Wildman–Crippen MR) is 96.0 cm³/mol. The van der Waals surface area contributed by atoms with Gasteiger partial charge in [0.05, 0.1) is 12.3 Å². The van der Waals surface area contributed by atoms with E-state index in [1.807, 2.05) is 13.8 Å². The average Bonchev–Trinajstić information content (AvgIpc) is 2.84. The Labute approximate surface area is 140 Å². The summed E-state index contributed by atoms with van der Waals surface area (Å²) in [6.45, 7) is 8.59. The molecule has 0 unspecified atom stereocenters. The van der Waals surface area contributed by atoms with E-state index < -0.39 is 0 Å². The molecule has 0 aliphatic heterocycles. The molecule has 1 aromatic rings. The predicted octanol–water partition coefficient (Wildman–Crippen LogP) is 3.67. The van der Waals surface area contributed by atoms with Crippen molar-refractivity contribution in [2.24, 2.45) is 0 Å². The minimum Gasteiger partial charge on any atom is -0.462 e. The van der Waals surface area contributed by atoms with E-state index >= 15 is 0 Å². The molecule has 4 nitrogen and oxygen atoms in total. The van der Waals surface area contributed by atoms with Crippen molar-refractivity contribution in [1.29, 1.82) is 0 Å². The number of ether oxygens (including phenoxy) is 1. The van der Waals surface area contributed by atoms with Gasteiger partial charge in [0.1, 0.15) is 4.88 Å². The summed E-state index contributed by atoms with van der Waals surface area (Å²) < 4.78 is 5.18. The number of anilines is 1. The summed E-state index contributed by atoms with van der Waals surface area (Å²) in [6, 6.07) is 0. The summed E-state index contributed by atoms with van der Waals surface area (Å²) >= 11 is 6.86. The molecule has 0 saturated carbocycles. The molecular formula is C16H22N2O2S2. The van der Waals surface area contributed by atoms with Crippen molar-refractivity contribution in [3.63, 3.8) is 0 Å². The normalized spacial score (nSPS) is 13.2. The highest BCUT2D eigenvalue weighted by Gasteiger charge is 2.25. The van der Waals surface area contributed by atoms with Gasteiger partial charge in [0, 0.05) is 11.4 Å². The molecule has 0 spiro atoms. The number of hydrogen-bond donors (Lipinski definition) is 2. The molecule has 0 bridgehead atoms. The van der Waals surface area contributed by atoms with Crippen molar-refractivity contribution in [3.05, 3.63) is 27.5 Å². The second-order valence-corrected chi connectivity index (χ2v) is 6.91. The van der Waals surface area contributed by atoms with Crippen LogP contribution in [0.2, 0.25) is 0 Å². The van der Waals surface area contributed by atoms with Gasteiger partial charge in [-0.25, -0.2) is 4.79 Å². The van der Waals surface area contributed by atoms with E-state index in [-0.39, 0.29) is 5.97 Å². The highest BCUT2D eigenvalue weighted by molar-refractivity contribution is 7.80. The smallest absolute Gasteiger partial charge is 0.350 e. The van der Waals surface area contributed by atoms with Gasteiger partial charge in [-0.1, -0.05) is 12.2 Å². The first-order chi connectivity index (χ1) is 10.5. The van der Waals surface area contributed by atoms with Crippen molar-refractivity contribution in [2.75, 3.05) is 18.5 Å². The SMILES string of the molecule is C=C(C)CNC(=S)Nc1c(C(=O)OCC)sc2c1CCCC2. The van der Waals surface area contributed by atoms with E-state index in [9.17, 15) is 4.79 Å². The molecule has 1 heterocycles. The van der Waals surface area contributed by atoms with Crippen LogP contribution in [0.3, 0.4) is 0 Å². The lowest BCUT2D eigenvalue weighted by Crippen LogP contribution is -2.30. The van der Waals surface area contributed by atoms with Crippen molar-refractivity contribution in [2.45, 2.75) is 39.5 Å². The number of aryl methyl sites for hydroxylation is 1. The van der Waals surface area contributed by atoms with Gasteiger partial charge in [-0.3, -0.25) is 0 Å². The molecule has 0 fully saturated rings. The summed E-state index contributed by atoms with van der Waals surface area (Å²) in [7, 11) is 0. The minimum absolute atomic E-state index is 0.271. The molecule has 0 aromatic carbocycles. The fraction of sp³-hybridized carbons (Fsp3) is 0.500. The van der Waals surface area contributed by atoms with Crippen LogP contribution in [0.25, 0.3) is 0 Å². The number of rotatable bonds is 5. The van der Waals surface area contributed by atoms with E-state index in [0.717, 1.165) is 30.5 Å². The molecular weight excluding hydrogens is 316 g/mol. The summed E-state index contributed by atoms with van der Waals surface area (Å²) in [5.41, 5.74) is 3.05. The first-order valence-electron chi connectivity index (χ1n) is 7.53. The number of fused-ring (bicyclic) bond motifs is 1. The Morgan fingerprint density at radius 3 is 2.82 bits per heavy atom. The van der Waals surface area contributed by atoms with Gasteiger partial charge in [-0.05, 0) is 57.3 Å². The number of hydrogen-bond acceptors (Lipinski definition) is 4.